The van der Waals surface area contributed by atoms with Crippen LogP contribution in [0.15, 0.2) is 24.3 Å². The lowest BCUT2D eigenvalue weighted by Gasteiger charge is -2.16. The van der Waals surface area contributed by atoms with E-state index in [0.29, 0.717) is 12.8 Å². The Kier molecular flexibility index (Phi) is 6.29. The third-order valence-electron chi connectivity index (χ3n) is 2.73. The minimum absolute atomic E-state index is 0.114. The van der Waals surface area contributed by atoms with Gasteiger partial charge in [0.15, 0.2) is 0 Å². The molecule has 0 fully saturated rings. The topological polar surface area (TPSA) is 72.8 Å². The molecular formula is C14H20O5. The Labute approximate surface area is 112 Å². The molecule has 2 unspecified atom stereocenters. The van der Waals surface area contributed by atoms with Crippen LogP contribution in [-0.4, -0.2) is 35.9 Å². The van der Waals surface area contributed by atoms with Gasteiger partial charge in [-0.25, -0.2) is 9.59 Å². The van der Waals surface area contributed by atoms with Crippen LogP contribution < -0.4 is 0 Å². The highest BCUT2D eigenvalue weighted by Gasteiger charge is 2.15. The summed E-state index contributed by atoms with van der Waals surface area (Å²) < 4.78 is 10.3. The maximum absolute atomic E-state index is 11.5. The molecule has 1 N–H and O–H groups in total. The van der Waals surface area contributed by atoms with Gasteiger partial charge in [-0.2, -0.15) is 0 Å². The van der Waals surface area contributed by atoms with Gasteiger partial charge < -0.3 is 14.6 Å². The van der Waals surface area contributed by atoms with E-state index in [1.54, 1.807) is 26.0 Å². The van der Waals surface area contributed by atoms with Crippen LogP contribution in [0.4, 0.5) is 0 Å². The molecule has 0 amide bonds. The highest BCUT2D eigenvalue weighted by Crippen LogP contribution is 2.12. The Balaban J connectivity index is 2.79. The average molecular weight is 268 g/mol. The zero-order valence-electron chi connectivity index (χ0n) is 11.2. The molecule has 5 heteroatoms. The Hall–Kier alpha value is -1.62. The molecule has 0 bridgehead atoms. The lowest BCUT2D eigenvalue weighted by Crippen LogP contribution is -2.18. The molecule has 3 atom stereocenters. The molecule has 1 aliphatic heterocycles. The molecular weight excluding hydrogens is 248 g/mol. The van der Waals surface area contributed by atoms with Crippen molar-refractivity contribution >= 4 is 11.9 Å². The minimum atomic E-state index is -0.446. The van der Waals surface area contributed by atoms with Crippen molar-refractivity contribution in [1.82, 2.24) is 0 Å². The van der Waals surface area contributed by atoms with E-state index in [9.17, 15) is 14.7 Å². The first kappa shape index (κ1) is 15.4. The number of aliphatic hydroxyl groups excluding tert-OH is 1. The second kappa shape index (κ2) is 7.74. The fourth-order valence-corrected chi connectivity index (χ4v) is 1.78. The van der Waals surface area contributed by atoms with Crippen LogP contribution in [0.1, 0.15) is 26.7 Å². The Morgan fingerprint density at radius 1 is 1.16 bits per heavy atom. The van der Waals surface area contributed by atoms with E-state index in [0.717, 1.165) is 0 Å². The second-order valence-electron chi connectivity index (χ2n) is 4.67. The molecule has 1 heterocycles. The van der Waals surface area contributed by atoms with E-state index in [4.69, 9.17) is 9.47 Å². The van der Waals surface area contributed by atoms with Gasteiger partial charge in [0.05, 0.1) is 6.10 Å². The van der Waals surface area contributed by atoms with E-state index < -0.39 is 11.9 Å². The molecule has 0 aromatic heterocycles. The molecule has 19 heavy (non-hydrogen) atoms. The standard InChI is InChI=1S/C14H20O5/c1-10-4-3-5-13(16)19-11(2)8-12(9-15)6-7-14(17)18-10/h3,5-7,10-12,15H,4,8-9H2,1-2H3/b5-3+,7-6+/t10?,11?,12-/m0/s1. The third kappa shape index (κ3) is 6.20. The average Bonchev–Trinajstić information content (AvgIpc) is 2.33. The Bertz CT molecular complexity index is 372. The molecule has 1 aliphatic rings. The number of hydrogen-bond acceptors (Lipinski definition) is 5. The van der Waals surface area contributed by atoms with Gasteiger partial charge in [-0.1, -0.05) is 12.2 Å². The Morgan fingerprint density at radius 3 is 2.47 bits per heavy atom. The van der Waals surface area contributed by atoms with Crippen molar-refractivity contribution in [3.63, 3.8) is 0 Å². The summed E-state index contributed by atoms with van der Waals surface area (Å²) in [5.74, 6) is -1.11. The maximum Gasteiger partial charge on any atom is 0.330 e. The lowest BCUT2D eigenvalue weighted by atomic mass is 10.0. The number of rotatable bonds is 1. The Morgan fingerprint density at radius 2 is 1.79 bits per heavy atom. The largest absolute Gasteiger partial charge is 0.459 e. The van der Waals surface area contributed by atoms with E-state index in [1.807, 2.05) is 0 Å². The van der Waals surface area contributed by atoms with Crippen molar-refractivity contribution in [1.29, 1.82) is 0 Å². The van der Waals surface area contributed by atoms with Gasteiger partial charge in [-0.05, 0) is 20.3 Å². The van der Waals surface area contributed by atoms with Crippen LogP contribution in [0.2, 0.25) is 0 Å². The number of hydrogen-bond donors (Lipinski definition) is 1. The summed E-state index contributed by atoms with van der Waals surface area (Å²) in [6.07, 6.45) is 6.12. The van der Waals surface area contributed by atoms with Crippen molar-refractivity contribution in [2.45, 2.75) is 38.9 Å². The molecule has 1 rings (SSSR count). The van der Waals surface area contributed by atoms with E-state index in [1.165, 1.54) is 12.2 Å². The normalized spacial score (nSPS) is 33.1. The van der Waals surface area contributed by atoms with Gasteiger partial charge >= 0.3 is 11.9 Å². The van der Waals surface area contributed by atoms with Crippen LogP contribution in [0.5, 0.6) is 0 Å². The third-order valence-corrected chi connectivity index (χ3v) is 2.73. The summed E-state index contributed by atoms with van der Waals surface area (Å²) in [6.45, 7) is 3.38. The van der Waals surface area contributed by atoms with E-state index >= 15 is 0 Å². The van der Waals surface area contributed by atoms with Crippen molar-refractivity contribution < 1.29 is 24.2 Å². The van der Waals surface area contributed by atoms with Gasteiger partial charge in [0.1, 0.15) is 6.10 Å². The van der Waals surface area contributed by atoms with Gasteiger partial charge in [0.25, 0.3) is 0 Å². The van der Waals surface area contributed by atoms with Crippen molar-refractivity contribution in [2.24, 2.45) is 5.92 Å². The second-order valence-corrected chi connectivity index (χ2v) is 4.67. The van der Waals surface area contributed by atoms with Crippen molar-refractivity contribution in [2.75, 3.05) is 6.61 Å². The first-order valence-electron chi connectivity index (χ1n) is 6.38. The molecule has 0 spiro atoms. The molecule has 0 aliphatic carbocycles. The monoisotopic (exact) mass is 268 g/mol. The van der Waals surface area contributed by atoms with Crippen LogP contribution >= 0.6 is 0 Å². The number of ether oxygens (including phenoxy) is 2. The number of aliphatic hydroxyl groups is 1. The first-order chi connectivity index (χ1) is 9.01. The fourth-order valence-electron chi connectivity index (χ4n) is 1.78. The summed E-state index contributed by atoms with van der Waals surface area (Å²) in [4.78, 5) is 23.0. The van der Waals surface area contributed by atoms with Crippen LogP contribution in [0.25, 0.3) is 0 Å². The van der Waals surface area contributed by atoms with E-state index in [2.05, 4.69) is 0 Å². The number of cyclic esters (lactones) is 2. The summed E-state index contributed by atoms with van der Waals surface area (Å²) in [7, 11) is 0. The van der Waals surface area contributed by atoms with Crippen LogP contribution in [0.3, 0.4) is 0 Å². The number of carbonyl (C=O) groups excluding carboxylic acids is 2. The van der Waals surface area contributed by atoms with Gasteiger partial charge in [0, 0.05) is 31.1 Å². The summed E-state index contributed by atoms with van der Waals surface area (Å²) in [5.41, 5.74) is 0. The molecule has 0 radical (unpaired) electrons. The summed E-state index contributed by atoms with van der Waals surface area (Å²) >= 11 is 0. The van der Waals surface area contributed by atoms with Crippen molar-refractivity contribution in [3.8, 4) is 0 Å². The van der Waals surface area contributed by atoms with E-state index in [-0.39, 0.29) is 24.7 Å². The number of carbonyl (C=O) groups is 2. The molecule has 0 aromatic rings. The molecule has 0 saturated heterocycles. The number of esters is 2. The molecule has 106 valence electrons. The quantitative estimate of drug-likeness (QED) is 0.727. The van der Waals surface area contributed by atoms with Crippen LogP contribution in [0, 0.1) is 5.92 Å². The smallest absolute Gasteiger partial charge is 0.330 e. The SMILES string of the molecule is CC1C/C=C/C(=O)OC(C)C[C@@H](CO)/C=C/C(=O)O1. The van der Waals surface area contributed by atoms with Gasteiger partial charge in [-0.3, -0.25) is 0 Å². The fraction of sp³-hybridized carbons (Fsp3) is 0.571. The van der Waals surface area contributed by atoms with Gasteiger partial charge in [-0.15, -0.1) is 0 Å². The molecule has 0 saturated carbocycles. The highest BCUT2D eigenvalue weighted by atomic mass is 16.5. The minimum Gasteiger partial charge on any atom is -0.459 e. The predicted octanol–water partition coefficient (Wildman–Crippen LogP) is 1.36. The predicted molar refractivity (Wildman–Crippen MR) is 69.2 cm³/mol. The first-order valence-corrected chi connectivity index (χ1v) is 6.38. The summed E-state index contributed by atoms with van der Waals surface area (Å²) in [6, 6.07) is 0. The zero-order chi connectivity index (χ0) is 14.3. The molecule has 0 aromatic carbocycles. The van der Waals surface area contributed by atoms with Gasteiger partial charge in [0.2, 0.25) is 0 Å². The summed E-state index contributed by atoms with van der Waals surface area (Å²) in [5, 5.41) is 9.22. The molecule has 5 nitrogen and oxygen atoms in total. The maximum atomic E-state index is 11.5. The highest BCUT2D eigenvalue weighted by molar-refractivity contribution is 5.82. The van der Waals surface area contributed by atoms with Crippen molar-refractivity contribution in [3.05, 3.63) is 24.3 Å². The zero-order valence-corrected chi connectivity index (χ0v) is 11.2. The van der Waals surface area contributed by atoms with Crippen LogP contribution in [-0.2, 0) is 19.1 Å². The lowest BCUT2D eigenvalue weighted by molar-refractivity contribution is -0.143.